The number of carbonyl (C=O) groups excluding carboxylic acids is 2. The molecular formula is C23H23N3O2. The van der Waals surface area contributed by atoms with Gasteiger partial charge in [0.05, 0.1) is 11.6 Å². The molecule has 2 aromatic rings. The highest BCUT2D eigenvalue weighted by Gasteiger charge is 2.24. The Hall–Kier alpha value is -3.39. The van der Waals surface area contributed by atoms with E-state index in [9.17, 15) is 9.59 Å². The van der Waals surface area contributed by atoms with Gasteiger partial charge in [-0.05, 0) is 60.2 Å². The van der Waals surface area contributed by atoms with Gasteiger partial charge >= 0.3 is 0 Å². The number of likely N-dealkylation sites (tertiary alicyclic amines) is 1. The standard InChI is InChI=1S/C23H23N3O2/c1-2-22(27)25-16-18-5-9-21(10-6-18)23(28)26-13-11-20(12-14-26)19-7-3-17(15-24)4-8-19/h2-10,20H,1,11-14,16H2,(H,25,27). The molecule has 1 aliphatic rings. The van der Waals surface area contributed by atoms with Crippen LogP contribution in [0.15, 0.2) is 61.2 Å². The summed E-state index contributed by atoms with van der Waals surface area (Å²) in [7, 11) is 0. The SMILES string of the molecule is C=CC(=O)NCc1ccc(C(=O)N2CCC(c3ccc(C#N)cc3)CC2)cc1. The highest BCUT2D eigenvalue weighted by Crippen LogP contribution is 2.28. The van der Waals surface area contributed by atoms with Crippen LogP contribution in [0.5, 0.6) is 0 Å². The lowest BCUT2D eigenvalue weighted by molar-refractivity contribution is -0.116. The summed E-state index contributed by atoms with van der Waals surface area (Å²) in [5.74, 6) is 0.248. The smallest absolute Gasteiger partial charge is 0.253 e. The minimum Gasteiger partial charge on any atom is -0.348 e. The predicted molar refractivity (Wildman–Crippen MR) is 108 cm³/mol. The van der Waals surface area contributed by atoms with Crippen molar-refractivity contribution >= 4 is 11.8 Å². The summed E-state index contributed by atoms with van der Waals surface area (Å²) in [5, 5.41) is 11.6. The average Bonchev–Trinajstić information content (AvgIpc) is 2.77. The van der Waals surface area contributed by atoms with Crippen molar-refractivity contribution in [2.75, 3.05) is 13.1 Å². The van der Waals surface area contributed by atoms with E-state index in [-0.39, 0.29) is 11.8 Å². The Balaban J connectivity index is 1.55. The lowest BCUT2D eigenvalue weighted by Crippen LogP contribution is -2.37. The van der Waals surface area contributed by atoms with E-state index in [4.69, 9.17) is 5.26 Å². The van der Waals surface area contributed by atoms with Gasteiger partial charge in [-0.3, -0.25) is 9.59 Å². The maximum absolute atomic E-state index is 12.8. The van der Waals surface area contributed by atoms with Crippen LogP contribution < -0.4 is 5.32 Å². The number of piperidine rings is 1. The lowest BCUT2D eigenvalue weighted by atomic mass is 9.89. The summed E-state index contributed by atoms with van der Waals surface area (Å²) >= 11 is 0. The molecule has 0 saturated carbocycles. The average molecular weight is 373 g/mol. The third-order valence-corrected chi connectivity index (χ3v) is 5.15. The van der Waals surface area contributed by atoms with Gasteiger partial charge in [0.25, 0.3) is 5.91 Å². The molecule has 0 unspecified atom stereocenters. The van der Waals surface area contributed by atoms with Gasteiger partial charge in [0.15, 0.2) is 0 Å². The fourth-order valence-electron chi connectivity index (χ4n) is 3.45. The summed E-state index contributed by atoms with van der Waals surface area (Å²) in [6.07, 6.45) is 3.08. The molecule has 2 amide bonds. The number of benzene rings is 2. The molecule has 0 spiro atoms. The Morgan fingerprint density at radius 2 is 1.75 bits per heavy atom. The monoisotopic (exact) mass is 373 g/mol. The predicted octanol–water partition coefficient (Wildman–Crippen LogP) is 3.38. The Bertz CT molecular complexity index is 887. The second kappa shape index (κ2) is 9.01. The second-order valence-electron chi connectivity index (χ2n) is 6.92. The van der Waals surface area contributed by atoms with Crippen LogP contribution in [-0.2, 0) is 11.3 Å². The third kappa shape index (κ3) is 4.66. The van der Waals surface area contributed by atoms with E-state index in [0.717, 1.165) is 31.5 Å². The van der Waals surface area contributed by atoms with Crippen LogP contribution in [0.3, 0.4) is 0 Å². The molecule has 1 aliphatic heterocycles. The zero-order valence-corrected chi connectivity index (χ0v) is 15.7. The van der Waals surface area contributed by atoms with E-state index < -0.39 is 0 Å². The Morgan fingerprint density at radius 3 is 2.32 bits per heavy atom. The molecule has 3 rings (SSSR count). The molecule has 28 heavy (non-hydrogen) atoms. The maximum Gasteiger partial charge on any atom is 0.253 e. The van der Waals surface area contributed by atoms with Gasteiger partial charge in [-0.25, -0.2) is 0 Å². The van der Waals surface area contributed by atoms with E-state index in [1.165, 1.54) is 11.6 Å². The molecule has 1 heterocycles. The van der Waals surface area contributed by atoms with Crippen molar-refractivity contribution in [1.82, 2.24) is 10.2 Å². The summed E-state index contributed by atoms with van der Waals surface area (Å²) < 4.78 is 0. The normalized spacial score (nSPS) is 14.2. The van der Waals surface area contributed by atoms with Crippen LogP contribution in [-0.4, -0.2) is 29.8 Å². The van der Waals surface area contributed by atoms with Crippen LogP contribution in [0.1, 0.15) is 45.8 Å². The zero-order valence-electron chi connectivity index (χ0n) is 15.7. The van der Waals surface area contributed by atoms with Gasteiger partial charge < -0.3 is 10.2 Å². The summed E-state index contributed by atoms with van der Waals surface area (Å²) in [6, 6.07) is 17.2. The Kier molecular flexibility index (Phi) is 6.23. The molecule has 5 heteroatoms. The number of amides is 2. The first-order valence-corrected chi connectivity index (χ1v) is 9.39. The Labute approximate surface area is 165 Å². The van der Waals surface area contributed by atoms with Gasteiger partial charge in [-0.1, -0.05) is 30.8 Å². The molecular weight excluding hydrogens is 350 g/mol. The summed E-state index contributed by atoms with van der Waals surface area (Å²) in [5.41, 5.74) is 3.50. The fraction of sp³-hybridized carbons (Fsp3) is 0.261. The molecule has 2 aromatic carbocycles. The molecule has 0 bridgehead atoms. The molecule has 5 nitrogen and oxygen atoms in total. The van der Waals surface area contributed by atoms with E-state index in [0.29, 0.717) is 23.6 Å². The van der Waals surface area contributed by atoms with Gasteiger partial charge in [0.2, 0.25) is 5.91 Å². The number of hydrogen-bond acceptors (Lipinski definition) is 3. The summed E-state index contributed by atoms with van der Waals surface area (Å²) in [4.78, 5) is 25.9. The van der Waals surface area contributed by atoms with E-state index in [1.807, 2.05) is 53.4 Å². The van der Waals surface area contributed by atoms with E-state index >= 15 is 0 Å². The van der Waals surface area contributed by atoms with Crippen molar-refractivity contribution in [2.24, 2.45) is 0 Å². The minimum absolute atomic E-state index is 0.0416. The topological polar surface area (TPSA) is 73.2 Å². The van der Waals surface area contributed by atoms with Gasteiger partial charge in [0, 0.05) is 25.2 Å². The van der Waals surface area contributed by atoms with Crippen LogP contribution in [0.2, 0.25) is 0 Å². The van der Waals surface area contributed by atoms with Crippen molar-refractivity contribution in [2.45, 2.75) is 25.3 Å². The number of nitrogens with zero attached hydrogens (tertiary/aromatic N) is 2. The molecule has 1 fully saturated rings. The minimum atomic E-state index is -0.217. The number of hydrogen-bond donors (Lipinski definition) is 1. The van der Waals surface area contributed by atoms with Crippen molar-refractivity contribution in [3.8, 4) is 6.07 Å². The molecule has 0 aliphatic carbocycles. The number of nitriles is 1. The second-order valence-corrected chi connectivity index (χ2v) is 6.92. The maximum atomic E-state index is 12.8. The molecule has 0 aromatic heterocycles. The first-order valence-electron chi connectivity index (χ1n) is 9.39. The number of nitrogens with one attached hydrogen (secondary N) is 1. The number of carbonyl (C=O) groups is 2. The van der Waals surface area contributed by atoms with Crippen LogP contribution in [0, 0.1) is 11.3 Å². The van der Waals surface area contributed by atoms with Gasteiger partial charge in [-0.2, -0.15) is 5.26 Å². The number of rotatable bonds is 5. The van der Waals surface area contributed by atoms with Crippen LogP contribution >= 0.6 is 0 Å². The van der Waals surface area contributed by atoms with Gasteiger partial charge in [-0.15, -0.1) is 0 Å². The van der Waals surface area contributed by atoms with Crippen molar-refractivity contribution in [3.05, 3.63) is 83.4 Å². The quantitative estimate of drug-likeness (QED) is 0.817. The molecule has 0 atom stereocenters. The largest absolute Gasteiger partial charge is 0.348 e. The third-order valence-electron chi connectivity index (χ3n) is 5.15. The van der Waals surface area contributed by atoms with Crippen molar-refractivity contribution < 1.29 is 9.59 Å². The molecule has 1 N–H and O–H groups in total. The van der Waals surface area contributed by atoms with Gasteiger partial charge in [0.1, 0.15) is 0 Å². The molecule has 0 radical (unpaired) electrons. The van der Waals surface area contributed by atoms with E-state index in [1.54, 1.807) is 0 Å². The summed E-state index contributed by atoms with van der Waals surface area (Å²) in [6.45, 7) is 5.28. The molecule has 1 saturated heterocycles. The van der Waals surface area contributed by atoms with E-state index in [2.05, 4.69) is 18.0 Å². The Morgan fingerprint density at radius 1 is 1.11 bits per heavy atom. The van der Waals surface area contributed by atoms with Crippen LogP contribution in [0.25, 0.3) is 0 Å². The van der Waals surface area contributed by atoms with Crippen LogP contribution in [0.4, 0.5) is 0 Å². The highest BCUT2D eigenvalue weighted by atomic mass is 16.2. The van der Waals surface area contributed by atoms with Crippen molar-refractivity contribution in [1.29, 1.82) is 5.26 Å². The first kappa shape index (κ1) is 19.4. The zero-order chi connectivity index (χ0) is 19.9. The first-order chi connectivity index (χ1) is 13.6. The highest BCUT2D eigenvalue weighted by molar-refractivity contribution is 5.94. The fourth-order valence-corrected chi connectivity index (χ4v) is 3.45. The van der Waals surface area contributed by atoms with Crippen molar-refractivity contribution in [3.63, 3.8) is 0 Å². The molecule has 142 valence electrons. The lowest BCUT2D eigenvalue weighted by Gasteiger charge is -2.32.